The van der Waals surface area contributed by atoms with E-state index in [1.165, 1.54) is 4.88 Å². The summed E-state index contributed by atoms with van der Waals surface area (Å²) >= 11 is 1.68. The molecule has 0 aliphatic carbocycles. The van der Waals surface area contributed by atoms with Crippen LogP contribution >= 0.6 is 11.3 Å². The van der Waals surface area contributed by atoms with Gasteiger partial charge in [-0.2, -0.15) is 0 Å². The van der Waals surface area contributed by atoms with E-state index < -0.39 is 6.10 Å². The van der Waals surface area contributed by atoms with Gasteiger partial charge in [0.25, 0.3) is 0 Å². The molecule has 5 heteroatoms. The monoisotopic (exact) mass is 320 g/mol. The Morgan fingerprint density at radius 2 is 2.09 bits per heavy atom. The van der Waals surface area contributed by atoms with Gasteiger partial charge in [0.05, 0.1) is 17.2 Å². The number of hydrogen-bond donors (Lipinski definition) is 2. The number of ether oxygens (including phenoxy) is 1. The zero-order valence-electron chi connectivity index (χ0n) is 13.5. The summed E-state index contributed by atoms with van der Waals surface area (Å²) in [6, 6.07) is 7.81. The number of rotatable bonds is 7. The molecule has 4 nitrogen and oxygen atoms in total. The molecule has 0 aliphatic heterocycles. The van der Waals surface area contributed by atoms with Crippen molar-refractivity contribution in [2.24, 2.45) is 0 Å². The van der Waals surface area contributed by atoms with Crippen molar-refractivity contribution in [3.63, 3.8) is 0 Å². The van der Waals surface area contributed by atoms with Crippen LogP contribution in [-0.2, 0) is 0 Å². The van der Waals surface area contributed by atoms with Crippen molar-refractivity contribution in [3.05, 3.63) is 45.9 Å². The highest BCUT2D eigenvalue weighted by Crippen LogP contribution is 2.22. The fraction of sp³-hybridized carbons (Fsp3) is 0.471. The maximum Gasteiger partial charge on any atom is 0.120 e. The average Bonchev–Trinajstić information content (AvgIpc) is 2.90. The first kappa shape index (κ1) is 16.9. The van der Waals surface area contributed by atoms with E-state index >= 15 is 0 Å². The van der Waals surface area contributed by atoms with Crippen LogP contribution in [0.2, 0.25) is 0 Å². The summed E-state index contributed by atoms with van der Waals surface area (Å²) in [7, 11) is 0. The van der Waals surface area contributed by atoms with Crippen LogP contribution in [0.5, 0.6) is 5.75 Å². The normalized spacial score (nSPS) is 14.1. The molecule has 1 heterocycles. The number of aromatic nitrogens is 1. The number of aliphatic hydroxyl groups excluding tert-OH is 1. The molecule has 0 saturated heterocycles. The molecule has 2 atom stereocenters. The molecule has 0 saturated carbocycles. The van der Waals surface area contributed by atoms with Gasteiger partial charge in [-0.15, -0.1) is 11.3 Å². The summed E-state index contributed by atoms with van der Waals surface area (Å²) in [4.78, 5) is 5.44. The molecule has 1 aromatic carbocycles. The summed E-state index contributed by atoms with van der Waals surface area (Å²) in [6.07, 6.45) is 1.45. The topological polar surface area (TPSA) is 54.4 Å². The third-order valence-corrected chi connectivity index (χ3v) is 4.39. The van der Waals surface area contributed by atoms with Crippen molar-refractivity contribution in [2.75, 3.05) is 6.54 Å². The van der Waals surface area contributed by atoms with E-state index in [0.717, 1.165) is 16.3 Å². The van der Waals surface area contributed by atoms with E-state index in [0.29, 0.717) is 6.54 Å². The molecule has 2 unspecified atom stereocenters. The molecule has 2 N–H and O–H groups in total. The Morgan fingerprint density at radius 3 is 2.73 bits per heavy atom. The summed E-state index contributed by atoms with van der Waals surface area (Å²) in [5.74, 6) is 0.790. The SMILES string of the molecule is Cc1ncc(C(C)NCC(O)c2cccc(OC(C)C)c2)s1. The second kappa shape index (κ2) is 7.72. The van der Waals surface area contributed by atoms with E-state index in [4.69, 9.17) is 4.74 Å². The molecular weight excluding hydrogens is 296 g/mol. The molecule has 2 aromatic rings. The van der Waals surface area contributed by atoms with Gasteiger partial charge in [0, 0.05) is 23.7 Å². The summed E-state index contributed by atoms with van der Waals surface area (Å²) in [5.41, 5.74) is 0.860. The lowest BCUT2D eigenvalue weighted by molar-refractivity contribution is 0.170. The molecule has 0 fully saturated rings. The molecule has 0 bridgehead atoms. The zero-order chi connectivity index (χ0) is 16.1. The lowest BCUT2D eigenvalue weighted by atomic mass is 10.1. The lowest BCUT2D eigenvalue weighted by Gasteiger charge is -2.17. The van der Waals surface area contributed by atoms with Crippen LogP contribution in [0.4, 0.5) is 0 Å². The van der Waals surface area contributed by atoms with Gasteiger partial charge in [-0.25, -0.2) is 4.98 Å². The molecule has 0 radical (unpaired) electrons. The molecule has 0 amide bonds. The van der Waals surface area contributed by atoms with Crippen molar-refractivity contribution in [3.8, 4) is 5.75 Å². The van der Waals surface area contributed by atoms with Crippen LogP contribution in [0.3, 0.4) is 0 Å². The average molecular weight is 320 g/mol. The van der Waals surface area contributed by atoms with Gasteiger partial charge in [0.15, 0.2) is 0 Å². The quantitative estimate of drug-likeness (QED) is 0.818. The maximum absolute atomic E-state index is 10.3. The van der Waals surface area contributed by atoms with E-state index in [1.54, 1.807) is 11.3 Å². The van der Waals surface area contributed by atoms with Crippen molar-refractivity contribution in [1.82, 2.24) is 10.3 Å². The summed E-state index contributed by atoms with van der Waals surface area (Å²) in [5, 5.41) is 14.8. The first-order chi connectivity index (χ1) is 10.5. The van der Waals surface area contributed by atoms with Gasteiger partial charge >= 0.3 is 0 Å². The number of aliphatic hydroxyl groups is 1. The minimum atomic E-state index is -0.563. The second-order valence-electron chi connectivity index (χ2n) is 5.67. The zero-order valence-corrected chi connectivity index (χ0v) is 14.4. The van der Waals surface area contributed by atoms with Crippen LogP contribution < -0.4 is 10.1 Å². The molecule has 120 valence electrons. The minimum Gasteiger partial charge on any atom is -0.491 e. The fourth-order valence-corrected chi connectivity index (χ4v) is 2.96. The van der Waals surface area contributed by atoms with E-state index in [2.05, 4.69) is 17.2 Å². The summed E-state index contributed by atoms with van der Waals surface area (Å²) < 4.78 is 5.66. The molecule has 2 rings (SSSR count). The maximum atomic E-state index is 10.3. The lowest BCUT2D eigenvalue weighted by Crippen LogP contribution is -2.24. The van der Waals surface area contributed by atoms with Crippen molar-refractivity contribution >= 4 is 11.3 Å². The second-order valence-corrected chi connectivity index (χ2v) is 6.93. The Bertz CT molecular complexity index is 598. The molecule has 1 aromatic heterocycles. The van der Waals surface area contributed by atoms with Crippen LogP contribution in [-0.4, -0.2) is 22.7 Å². The number of nitrogens with one attached hydrogen (secondary N) is 1. The van der Waals surface area contributed by atoms with E-state index in [9.17, 15) is 5.11 Å². The van der Waals surface area contributed by atoms with Crippen molar-refractivity contribution in [2.45, 2.75) is 45.9 Å². The minimum absolute atomic E-state index is 0.125. The van der Waals surface area contributed by atoms with Crippen LogP contribution in [0.25, 0.3) is 0 Å². The Balaban J connectivity index is 1.93. The van der Waals surface area contributed by atoms with Gasteiger partial charge in [0.2, 0.25) is 0 Å². The Hall–Kier alpha value is -1.43. The highest BCUT2D eigenvalue weighted by molar-refractivity contribution is 7.11. The fourth-order valence-electron chi connectivity index (χ4n) is 2.15. The van der Waals surface area contributed by atoms with Gasteiger partial charge in [0.1, 0.15) is 5.75 Å². The number of nitrogens with zero attached hydrogens (tertiary/aromatic N) is 1. The molecule has 0 spiro atoms. The van der Waals surface area contributed by atoms with Gasteiger partial charge in [-0.3, -0.25) is 0 Å². The van der Waals surface area contributed by atoms with E-state index in [-0.39, 0.29) is 12.1 Å². The smallest absolute Gasteiger partial charge is 0.120 e. The van der Waals surface area contributed by atoms with Crippen LogP contribution in [0.15, 0.2) is 30.5 Å². The Kier molecular flexibility index (Phi) is 5.94. The highest BCUT2D eigenvalue weighted by atomic mass is 32.1. The molecule has 22 heavy (non-hydrogen) atoms. The molecule has 0 aliphatic rings. The largest absolute Gasteiger partial charge is 0.491 e. The molecular formula is C17H24N2O2S. The van der Waals surface area contributed by atoms with Gasteiger partial charge in [-0.05, 0) is 45.4 Å². The number of aryl methyl sites for hydroxylation is 1. The third-order valence-electron chi connectivity index (χ3n) is 3.30. The number of thiazole rings is 1. The standard InChI is InChI=1S/C17H24N2O2S/c1-11(2)21-15-7-5-6-14(8-15)16(20)9-18-12(3)17-10-19-13(4)22-17/h5-8,10-12,16,18,20H,9H2,1-4H3. The van der Waals surface area contributed by atoms with Gasteiger partial charge < -0.3 is 15.2 Å². The third kappa shape index (κ3) is 4.80. The summed E-state index contributed by atoms with van der Waals surface area (Å²) in [6.45, 7) is 8.55. The predicted molar refractivity (Wildman–Crippen MR) is 90.4 cm³/mol. The first-order valence-electron chi connectivity index (χ1n) is 7.56. The number of benzene rings is 1. The van der Waals surface area contributed by atoms with Crippen molar-refractivity contribution < 1.29 is 9.84 Å². The Labute approximate surface area is 136 Å². The van der Waals surface area contributed by atoms with Gasteiger partial charge in [-0.1, -0.05) is 12.1 Å². The first-order valence-corrected chi connectivity index (χ1v) is 8.37. The highest BCUT2D eigenvalue weighted by Gasteiger charge is 2.13. The number of hydrogen-bond acceptors (Lipinski definition) is 5. The van der Waals surface area contributed by atoms with Crippen LogP contribution in [0, 0.1) is 6.92 Å². The predicted octanol–water partition coefficient (Wildman–Crippen LogP) is 3.62. The van der Waals surface area contributed by atoms with Crippen molar-refractivity contribution in [1.29, 1.82) is 0 Å². The Morgan fingerprint density at radius 1 is 1.32 bits per heavy atom. The van der Waals surface area contributed by atoms with Crippen LogP contribution in [0.1, 0.15) is 48.4 Å². The van der Waals surface area contributed by atoms with E-state index in [1.807, 2.05) is 51.2 Å².